The number of hydrogen-bond donors (Lipinski definition) is 0. The van der Waals surface area contributed by atoms with Crippen LogP contribution in [-0.4, -0.2) is 16.9 Å². The minimum Gasteiger partial charge on any atom is -0.550 e. The summed E-state index contributed by atoms with van der Waals surface area (Å²) in [6.45, 7) is 0. The number of halogens is 1. The molecule has 0 bridgehead atoms. The van der Waals surface area contributed by atoms with E-state index in [1.54, 1.807) is 0 Å². The molecule has 1 heterocycles. The van der Waals surface area contributed by atoms with E-state index < -0.39 is 16.9 Å². The van der Waals surface area contributed by atoms with Crippen molar-refractivity contribution in [2.45, 2.75) is 6.04 Å². The van der Waals surface area contributed by atoms with Crippen molar-refractivity contribution in [2.24, 2.45) is 0 Å². The van der Waals surface area contributed by atoms with Crippen molar-refractivity contribution < 1.29 is 4.43 Å². The number of rotatable bonds is 3. The first-order valence-corrected chi connectivity index (χ1v) is 10.8. The molecule has 0 aliphatic carbocycles. The van der Waals surface area contributed by atoms with Gasteiger partial charge in [0.15, 0.2) is 8.31 Å². The van der Waals surface area contributed by atoms with Gasteiger partial charge in [-0.05, 0) is 17.7 Å². The molecule has 94 valence electrons. The van der Waals surface area contributed by atoms with E-state index in [4.69, 9.17) is 16.0 Å². The highest BCUT2D eigenvalue weighted by molar-refractivity contribution is 7.28. The zero-order valence-corrected chi connectivity index (χ0v) is 13.1. The topological polar surface area (TPSA) is 9.23 Å². The van der Waals surface area contributed by atoms with Crippen molar-refractivity contribution in [2.75, 3.05) is 0 Å². The van der Waals surface area contributed by atoms with Gasteiger partial charge in [0.1, 0.15) is 0 Å². The first kappa shape index (κ1) is 12.7. The maximum atomic E-state index is 5.92. The molecule has 1 aliphatic heterocycles. The van der Waals surface area contributed by atoms with Gasteiger partial charge in [0.05, 0.1) is 6.26 Å². The van der Waals surface area contributed by atoms with Crippen LogP contribution < -0.4 is 5.19 Å². The lowest BCUT2D eigenvalue weighted by Crippen LogP contribution is -2.44. The molecule has 0 saturated heterocycles. The Labute approximate surface area is 121 Å². The molecular weight excluding hydrogens is 288 g/mol. The largest absolute Gasteiger partial charge is 0.550 e. The molecule has 1 nitrogen and oxygen atoms in total. The van der Waals surface area contributed by atoms with Gasteiger partial charge in [-0.3, -0.25) is 0 Å². The Kier molecular flexibility index (Phi) is 3.87. The second-order valence-corrected chi connectivity index (χ2v) is 11.3. The quantitative estimate of drug-likeness (QED) is 0.792. The second-order valence-electron chi connectivity index (χ2n) is 4.43. The molecule has 2 radical (unpaired) electrons. The third kappa shape index (κ3) is 3.00. The van der Waals surface area contributed by atoms with Gasteiger partial charge in [0.2, 0.25) is 0 Å². The smallest absolute Gasteiger partial charge is 0.273 e. The lowest BCUT2D eigenvalue weighted by Gasteiger charge is -2.14. The van der Waals surface area contributed by atoms with E-state index in [0.717, 1.165) is 11.1 Å². The monoisotopic (exact) mass is 300 g/mol. The predicted molar refractivity (Wildman–Crippen MR) is 83.0 cm³/mol. The molecule has 0 unspecified atom stereocenters. The van der Waals surface area contributed by atoms with Crippen molar-refractivity contribution in [3.05, 3.63) is 77.1 Å². The molecule has 3 rings (SSSR count). The van der Waals surface area contributed by atoms with E-state index in [0.29, 0.717) is 0 Å². The van der Waals surface area contributed by atoms with Gasteiger partial charge in [-0.15, -0.1) is 0 Å². The summed E-state index contributed by atoms with van der Waals surface area (Å²) in [5, 5.41) is 2.24. The fraction of sp³-hybridized carbons (Fsp3) is 0.0667. The third-order valence-corrected chi connectivity index (χ3v) is 10.6. The van der Waals surface area contributed by atoms with Gasteiger partial charge >= 0.3 is 0 Å². The van der Waals surface area contributed by atoms with Crippen molar-refractivity contribution in [3.63, 3.8) is 0 Å². The van der Waals surface area contributed by atoms with E-state index in [2.05, 4.69) is 48.2 Å². The van der Waals surface area contributed by atoms with Gasteiger partial charge in [-0.25, -0.2) is 0 Å². The first-order chi connectivity index (χ1) is 9.33. The van der Waals surface area contributed by atoms with Crippen LogP contribution in [-0.2, 0) is 10.5 Å². The summed E-state index contributed by atoms with van der Waals surface area (Å²) in [7, 11) is -1.49. The minimum absolute atomic E-state index is 0.670. The molecule has 2 aromatic carbocycles. The Balaban J connectivity index is 1.76. The van der Waals surface area contributed by atoms with Crippen LogP contribution in [0.2, 0.25) is 5.02 Å². The summed E-state index contributed by atoms with van der Waals surface area (Å²) in [4.78, 5) is 0. The van der Waals surface area contributed by atoms with E-state index in [-0.39, 0.29) is 0 Å². The van der Waals surface area contributed by atoms with Gasteiger partial charge in [0, 0.05) is 11.1 Å². The lowest BCUT2D eigenvalue weighted by molar-refractivity contribution is 0.512. The molecule has 2 aromatic rings. The zero-order chi connectivity index (χ0) is 13.1. The van der Waals surface area contributed by atoms with Crippen molar-refractivity contribution in [3.8, 4) is 0 Å². The summed E-state index contributed by atoms with van der Waals surface area (Å²) in [5.74, 6) is 0. The van der Waals surface area contributed by atoms with Crippen LogP contribution >= 0.6 is 11.6 Å². The normalized spacial score (nSPS) is 15.6. The average molecular weight is 301 g/mol. The lowest BCUT2D eigenvalue weighted by atomic mass is 10.2. The van der Waals surface area contributed by atoms with Crippen LogP contribution in [0.3, 0.4) is 0 Å². The molecule has 0 N–H and O–H groups in total. The summed E-state index contributed by atoms with van der Waals surface area (Å²) >= 11 is 5.92. The molecule has 0 aromatic heterocycles. The predicted octanol–water partition coefficient (Wildman–Crippen LogP) is 2.98. The van der Waals surface area contributed by atoms with E-state index in [1.165, 1.54) is 10.8 Å². The molecule has 4 heteroatoms. The van der Waals surface area contributed by atoms with Gasteiger partial charge < -0.3 is 4.43 Å². The van der Waals surface area contributed by atoms with Crippen LogP contribution in [0.15, 0.2) is 66.6 Å². The maximum Gasteiger partial charge on any atom is 0.273 e. The fourth-order valence-electron chi connectivity index (χ4n) is 2.14. The third-order valence-electron chi connectivity index (χ3n) is 3.11. The van der Waals surface area contributed by atoms with Crippen LogP contribution in [0.5, 0.6) is 0 Å². The highest BCUT2D eigenvalue weighted by Gasteiger charge is 2.32. The first-order valence-electron chi connectivity index (χ1n) is 6.19. The van der Waals surface area contributed by atoms with Crippen molar-refractivity contribution in [1.82, 2.24) is 0 Å². The molecule has 0 saturated carbocycles. The Hall–Kier alpha value is -1.30. The van der Waals surface area contributed by atoms with Crippen LogP contribution in [0.4, 0.5) is 0 Å². The Morgan fingerprint density at radius 1 is 0.947 bits per heavy atom. The van der Waals surface area contributed by atoms with Crippen molar-refractivity contribution >= 4 is 33.7 Å². The summed E-state index contributed by atoms with van der Waals surface area (Å²) in [6.07, 6.45) is 1.91. The van der Waals surface area contributed by atoms with Crippen LogP contribution in [0.1, 0.15) is 5.56 Å². The van der Waals surface area contributed by atoms with Crippen molar-refractivity contribution in [1.29, 1.82) is 0 Å². The van der Waals surface area contributed by atoms with Gasteiger partial charge in [-0.2, -0.15) is 0 Å². The zero-order valence-electron chi connectivity index (χ0n) is 10.3. The summed E-state index contributed by atoms with van der Waals surface area (Å²) in [6, 6.07) is 19.9. The molecule has 0 atom stereocenters. The van der Waals surface area contributed by atoms with Crippen LogP contribution in [0, 0.1) is 0 Å². The summed E-state index contributed by atoms with van der Waals surface area (Å²) in [5.41, 5.74) is 3.60. The van der Waals surface area contributed by atoms with E-state index in [1.807, 2.05) is 18.4 Å². The van der Waals surface area contributed by atoms with Gasteiger partial charge in [-0.1, -0.05) is 65.0 Å². The van der Waals surface area contributed by atoms with Crippen LogP contribution in [0.25, 0.3) is 0 Å². The standard InChI is InChI=1S/C15H13ClOSi2/c16-14-8-6-13(7-9-14)12-19-17-10-11-18(19)15-4-2-1-3-5-15/h1-11H,12H2. The highest BCUT2D eigenvalue weighted by Crippen LogP contribution is 2.15. The van der Waals surface area contributed by atoms with E-state index >= 15 is 0 Å². The fourth-order valence-corrected chi connectivity index (χ4v) is 9.09. The molecule has 19 heavy (non-hydrogen) atoms. The summed E-state index contributed by atoms with van der Waals surface area (Å²) < 4.78 is 5.89. The number of benzene rings is 2. The Morgan fingerprint density at radius 2 is 1.68 bits per heavy atom. The molecule has 0 fully saturated rings. The average Bonchev–Trinajstić information content (AvgIpc) is 2.90. The SMILES string of the molecule is Clc1ccc(C[Si]2OC=C[Si]2c2ccccc2)cc1. The van der Waals surface area contributed by atoms with Gasteiger partial charge in [0.25, 0.3) is 8.56 Å². The number of hydrogen-bond acceptors (Lipinski definition) is 1. The highest BCUT2D eigenvalue weighted by atomic mass is 35.5. The van der Waals surface area contributed by atoms with E-state index in [9.17, 15) is 0 Å². The maximum absolute atomic E-state index is 5.92. The Bertz CT molecular complexity index is 568. The second kappa shape index (κ2) is 5.78. The minimum atomic E-state index is -0.820. The molecule has 0 amide bonds. The molecule has 0 spiro atoms. The molecule has 1 aliphatic rings. The molecular formula is C15H13ClOSi2. The Morgan fingerprint density at radius 3 is 2.42 bits per heavy atom.